The van der Waals surface area contributed by atoms with Crippen molar-refractivity contribution in [2.75, 3.05) is 44.1 Å². The Hall–Kier alpha value is -3.38. The van der Waals surface area contributed by atoms with E-state index < -0.39 is 12.0 Å². The fraction of sp³-hybridized carbons (Fsp3) is 0.258. The monoisotopic (exact) mass is 665 g/mol. The average molecular weight is 667 g/mol. The van der Waals surface area contributed by atoms with Crippen LogP contribution in [-0.2, 0) is 14.3 Å². The van der Waals surface area contributed by atoms with Gasteiger partial charge in [0, 0.05) is 35.7 Å². The number of fused-ring (bicyclic) bond motifs is 1. The van der Waals surface area contributed by atoms with Crippen molar-refractivity contribution in [3.8, 4) is 0 Å². The SMILES string of the molecule is CCOC(=O)C1=C(c2ccccc2)N=c2s/c(=C/c3cc(Br)c(N4CCOCC4)o3)c(=O)n2C1c1ccc(SC)cc1. The van der Waals surface area contributed by atoms with Gasteiger partial charge in [-0.2, -0.15) is 0 Å². The summed E-state index contributed by atoms with van der Waals surface area (Å²) in [7, 11) is 0. The van der Waals surface area contributed by atoms with Gasteiger partial charge in [-0.25, -0.2) is 9.79 Å². The molecule has 4 aromatic rings. The fourth-order valence-corrected chi connectivity index (χ4v) is 7.05. The van der Waals surface area contributed by atoms with Crippen molar-refractivity contribution in [3.05, 3.63) is 107 Å². The molecule has 0 saturated carbocycles. The van der Waals surface area contributed by atoms with Gasteiger partial charge in [0.15, 0.2) is 4.80 Å². The summed E-state index contributed by atoms with van der Waals surface area (Å²) < 4.78 is 20.1. The highest BCUT2D eigenvalue weighted by Gasteiger charge is 2.35. The van der Waals surface area contributed by atoms with Gasteiger partial charge in [0.25, 0.3) is 5.56 Å². The van der Waals surface area contributed by atoms with E-state index in [0.717, 1.165) is 33.6 Å². The summed E-state index contributed by atoms with van der Waals surface area (Å²) in [5.74, 6) is 0.751. The van der Waals surface area contributed by atoms with E-state index in [2.05, 4.69) is 20.8 Å². The molecular weight excluding hydrogens is 638 g/mol. The van der Waals surface area contributed by atoms with E-state index in [4.69, 9.17) is 18.9 Å². The predicted molar refractivity (Wildman–Crippen MR) is 169 cm³/mol. The van der Waals surface area contributed by atoms with Crippen LogP contribution in [0.25, 0.3) is 11.8 Å². The van der Waals surface area contributed by atoms with Gasteiger partial charge in [-0.3, -0.25) is 9.36 Å². The molecule has 0 aliphatic carbocycles. The fourth-order valence-electron chi connectivity index (χ4n) is 5.10. The second-order valence-electron chi connectivity index (χ2n) is 9.61. The summed E-state index contributed by atoms with van der Waals surface area (Å²) in [6, 6.07) is 18.6. The molecule has 11 heteroatoms. The minimum atomic E-state index is -0.721. The number of anilines is 1. The van der Waals surface area contributed by atoms with E-state index in [1.54, 1.807) is 29.3 Å². The molecule has 0 N–H and O–H groups in total. The molecule has 0 radical (unpaired) electrons. The van der Waals surface area contributed by atoms with E-state index in [0.29, 0.717) is 45.5 Å². The van der Waals surface area contributed by atoms with E-state index in [9.17, 15) is 9.59 Å². The van der Waals surface area contributed by atoms with Crippen LogP contribution in [0.1, 0.15) is 29.9 Å². The van der Waals surface area contributed by atoms with E-state index in [1.165, 1.54) is 11.3 Å². The minimum absolute atomic E-state index is 0.200. The molecule has 42 heavy (non-hydrogen) atoms. The van der Waals surface area contributed by atoms with E-state index >= 15 is 0 Å². The zero-order chi connectivity index (χ0) is 29.2. The van der Waals surface area contributed by atoms with Crippen LogP contribution in [0.2, 0.25) is 0 Å². The molecule has 2 aliphatic heterocycles. The lowest BCUT2D eigenvalue weighted by atomic mass is 9.93. The van der Waals surface area contributed by atoms with Crippen LogP contribution in [0.4, 0.5) is 5.88 Å². The van der Waals surface area contributed by atoms with Gasteiger partial charge in [0.05, 0.1) is 46.1 Å². The lowest BCUT2D eigenvalue weighted by Crippen LogP contribution is -2.40. The number of thiazole rings is 1. The number of morpholine rings is 1. The third-order valence-corrected chi connectivity index (χ3v) is 9.36. The van der Waals surface area contributed by atoms with Crippen LogP contribution in [0, 0.1) is 0 Å². The van der Waals surface area contributed by atoms with Crippen molar-refractivity contribution < 1.29 is 18.7 Å². The largest absolute Gasteiger partial charge is 0.463 e. The number of aromatic nitrogens is 1. The lowest BCUT2D eigenvalue weighted by molar-refractivity contribution is -0.138. The molecule has 6 rings (SSSR count). The third-order valence-electron chi connectivity index (χ3n) is 7.06. The topological polar surface area (TPSA) is 86.3 Å². The van der Waals surface area contributed by atoms with Crippen molar-refractivity contribution in [1.82, 2.24) is 4.57 Å². The second kappa shape index (κ2) is 12.5. The number of thioether (sulfide) groups is 1. The predicted octanol–water partition coefficient (Wildman–Crippen LogP) is 4.85. The van der Waals surface area contributed by atoms with Gasteiger partial charge in [-0.05, 0) is 46.8 Å². The van der Waals surface area contributed by atoms with Crippen LogP contribution in [0.5, 0.6) is 0 Å². The Labute approximate surface area is 259 Å². The summed E-state index contributed by atoms with van der Waals surface area (Å²) in [6.45, 7) is 4.68. The minimum Gasteiger partial charge on any atom is -0.463 e. The Morgan fingerprint density at radius 2 is 1.90 bits per heavy atom. The molecule has 2 aliphatic rings. The number of benzene rings is 2. The van der Waals surface area contributed by atoms with Crippen LogP contribution >= 0.6 is 39.0 Å². The number of furan rings is 1. The van der Waals surface area contributed by atoms with Crippen molar-refractivity contribution in [1.29, 1.82) is 0 Å². The second-order valence-corrected chi connectivity index (χ2v) is 12.3. The number of rotatable bonds is 7. The maximum Gasteiger partial charge on any atom is 0.338 e. The molecule has 2 aromatic carbocycles. The Balaban J connectivity index is 1.55. The summed E-state index contributed by atoms with van der Waals surface area (Å²) >= 11 is 6.51. The van der Waals surface area contributed by atoms with Gasteiger partial charge >= 0.3 is 5.97 Å². The molecule has 0 amide bonds. The molecule has 0 spiro atoms. The number of halogens is 1. The molecule has 1 fully saturated rings. The molecule has 4 heterocycles. The first-order valence-corrected chi connectivity index (χ1v) is 16.4. The smallest absolute Gasteiger partial charge is 0.338 e. The van der Waals surface area contributed by atoms with Gasteiger partial charge in [0.2, 0.25) is 5.88 Å². The van der Waals surface area contributed by atoms with Crippen molar-refractivity contribution in [3.63, 3.8) is 0 Å². The molecule has 1 unspecified atom stereocenters. The number of carbonyl (C=O) groups is 1. The Bertz CT molecular complexity index is 1820. The number of ether oxygens (including phenoxy) is 2. The van der Waals surface area contributed by atoms with Gasteiger partial charge in [-0.1, -0.05) is 53.8 Å². The molecule has 216 valence electrons. The molecular formula is C31H28BrN3O5S2. The van der Waals surface area contributed by atoms with Gasteiger partial charge in [0.1, 0.15) is 5.76 Å². The molecule has 1 saturated heterocycles. The highest BCUT2D eigenvalue weighted by Crippen LogP contribution is 2.36. The maximum absolute atomic E-state index is 14.1. The Kier molecular flexibility index (Phi) is 8.53. The summed E-state index contributed by atoms with van der Waals surface area (Å²) in [5, 5.41) is 0. The highest BCUT2D eigenvalue weighted by atomic mass is 79.9. The van der Waals surface area contributed by atoms with Crippen LogP contribution in [-0.4, -0.2) is 49.7 Å². The number of nitrogens with zero attached hydrogens (tertiary/aromatic N) is 3. The van der Waals surface area contributed by atoms with E-state index in [-0.39, 0.29) is 12.2 Å². The highest BCUT2D eigenvalue weighted by molar-refractivity contribution is 9.10. The zero-order valence-electron chi connectivity index (χ0n) is 23.0. The van der Waals surface area contributed by atoms with Gasteiger partial charge in [-0.15, -0.1) is 11.8 Å². The first-order valence-electron chi connectivity index (χ1n) is 13.5. The van der Waals surface area contributed by atoms with Crippen molar-refractivity contribution >= 4 is 62.7 Å². The number of carbonyl (C=O) groups excluding carboxylic acids is 1. The van der Waals surface area contributed by atoms with Crippen molar-refractivity contribution in [2.24, 2.45) is 4.99 Å². The average Bonchev–Trinajstić information content (AvgIpc) is 3.55. The normalized spacial score (nSPS) is 17.3. The molecule has 1 atom stereocenters. The number of esters is 1. The van der Waals surface area contributed by atoms with Gasteiger partial charge < -0.3 is 18.8 Å². The maximum atomic E-state index is 14.1. The third kappa shape index (κ3) is 5.54. The van der Waals surface area contributed by atoms with Crippen LogP contribution < -0.4 is 19.8 Å². The summed E-state index contributed by atoms with van der Waals surface area (Å²) in [4.78, 5) is 36.3. The Morgan fingerprint density at radius 1 is 1.17 bits per heavy atom. The van der Waals surface area contributed by atoms with Crippen molar-refractivity contribution in [2.45, 2.75) is 17.9 Å². The van der Waals surface area contributed by atoms with Crippen LogP contribution in [0.3, 0.4) is 0 Å². The molecule has 2 aromatic heterocycles. The Morgan fingerprint density at radius 3 is 2.60 bits per heavy atom. The van der Waals surface area contributed by atoms with Crippen LogP contribution in [0.15, 0.2) is 89.8 Å². The van der Waals surface area contributed by atoms with E-state index in [1.807, 2.05) is 66.9 Å². The number of hydrogen-bond acceptors (Lipinski definition) is 9. The first-order chi connectivity index (χ1) is 20.5. The zero-order valence-corrected chi connectivity index (χ0v) is 26.3. The summed E-state index contributed by atoms with van der Waals surface area (Å²) in [6.07, 6.45) is 3.75. The first kappa shape index (κ1) is 28.7. The molecule has 8 nitrogen and oxygen atoms in total. The summed E-state index contributed by atoms with van der Waals surface area (Å²) in [5.41, 5.74) is 2.13. The quantitative estimate of drug-likeness (QED) is 0.206. The standard InChI is InChI=1S/C31H28BrN3O5S2/c1-3-39-30(37)25-26(19-7-5-4-6-8-19)33-31-35(27(25)20-9-11-22(41-2)12-10-20)28(36)24(42-31)18-21-17-23(32)29(40-21)34-13-15-38-16-14-34/h4-12,17-18,27H,3,13-16H2,1-2H3/b24-18+. The lowest BCUT2D eigenvalue weighted by Gasteiger charge is -2.26. The molecule has 0 bridgehead atoms. The number of hydrogen-bond donors (Lipinski definition) is 0.